The summed E-state index contributed by atoms with van der Waals surface area (Å²) in [5.74, 6) is 1.31. The van der Waals surface area contributed by atoms with Crippen LogP contribution >= 0.6 is 0 Å². The van der Waals surface area contributed by atoms with E-state index in [1.807, 2.05) is 55.5 Å². The van der Waals surface area contributed by atoms with E-state index in [1.165, 1.54) is 4.31 Å². The first-order chi connectivity index (χ1) is 15.8. The fraction of sp³-hybridized carbons (Fsp3) is 0.240. The Morgan fingerprint density at radius 2 is 1.91 bits per heavy atom. The number of hydrogen-bond donors (Lipinski definition) is 1. The van der Waals surface area contributed by atoms with Crippen molar-refractivity contribution in [3.8, 4) is 11.5 Å². The van der Waals surface area contributed by atoms with Gasteiger partial charge in [0.15, 0.2) is 0 Å². The number of methoxy groups -OCH3 is 1. The van der Waals surface area contributed by atoms with Crippen molar-refractivity contribution in [3.05, 3.63) is 84.2 Å². The molecule has 0 bridgehead atoms. The molecule has 1 N–H and O–H groups in total. The molecule has 1 aliphatic rings. The normalized spacial score (nSPS) is 17.3. The molecule has 1 atom stereocenters. The predicted molar refractivity (Wildman–Crippen MR) is 129 cm³/mol. The number of aromatic nitrogens is 1. The van der Waals surface area contributed by atoms with Crippen LogP contribution in [0.4, 0.5) is 5.69 Å². The van der Waals surface area contributed by atoms with E-state index in [0.717, 1.165) is 16.9 Å². The van der Waals surface area contributed by atoms with E-state index >= 15 is 0 Å². The number of sulfonamides is 1. The van der Waals surface area contributed by atoms with Crippen LogP contribution < -0.4 is 14.8 Å². The van der Waals surface area contributed by atoms with Gasteiger partial charge in [-0.2, -0.15) is 4.31 Å². The zero-order valence-electron chi connectivity index (χ0n) is 18.9. The first kappa shape index (κ1) is 22.8. The van der Waals surface area contributed by atoms with Crippen LogP contribution in [0.15, 0.2) is 77.8 Å². The molecule has 0 fully saturated rings. The van der Waals surface area contributed by atoms with E-state index in [2.05, 4.69) is 10.3 Å². The van der Waals surface area contributed by atoms with Crippen LogP contribution in [-0.2, 0) is 16.6 Å². The number of fused-ring (bicyclic) bond motifs is 1. The van der Waals surface area contributed by atoms with Gasteiger partial charge in [0.1, 0.15) is 17.1 Å². The highest BCUT2D eigenvalue weighted by atomic mass is 32.2. The number of likely N-dealkylation sites (N-methyl/N-ethyl adjacent to an activating group) is 1. The van der Waals surface area contributed by atoms with Gasteiger partial charge in [0.25, 0.3) is 0 Å². The van der Waals surface area contributed by atoms with E-state index in [1.54, 1.807) is 44.6 Å². The second-order valence-corrected chi connectivity index (χ2v) is 10.2. The molecule has 1 aliphatic heterocycles. The molecule has 33 heavy (non-hydrogen) atoms. The molecule has 0 saturated carbocycles. The number of benzene rings is 2. The van der Waals surface area contributed by atoms with Crippen molar-refractivity contribution in [2.75, 3.05) is 26.0 Å². The summed E-state index contributed by atoms with van der Waals surface area (Å²) in [6.07, 6.45) is 5.64. The highest BCUT2D eigenvalue weighted by Crippen LogP contribution is 2.34. The molecular formula is C25H27N3O4S. The Kier molecular flexibility index (Phi) is 6.40. The second kappa shape index (κ2) is 9.25. The first-order valence-corrected chi connectivity index (χ1v) is 12.0. The lowest BCUT2D eigenvalue weighted by molar-refractivity contribution is 0.117. The lowest BCUT2D eigenvalue weighted by Gasteiger charge is -2.34. The number of rotatable bonds is 8. The summed E-state index contributed by atoms with van der Waals surface area (Å²) >= 11 is 0. The van der Waals surface area contributed by atoms with Gasteiger partial charge in [0, 0.05) is 24.5 Å². The third kappa shape index (κ3) is 5.18. The molecule has 0 saturated heterocycles. The third-order valence-electron chi connectivity index (χ3n) is 5.47. The minimum absolute atomic E-state index is 0.164. The van der Waals surface area contributed by atoms with Crippen LogP contribution in [0.3, 0.4) is 0 Å². The van der Waals surface area contributed by atoms with Crippen LogP contribution in [0.5, 0.6) is 11.5 Å². The van der Waals surface area contributed by atoms with Crippen molar-refractivity contribution in [3.63, 3.8) is 0 Å². The van der Waals surface area contributed by atoms with Crippen molar-refractivity contribution >= 4 is 21.8 Å². The average Bonchev–Trinajstić information content (AvgIpc) is 2.83. The van der Waals surface area contributed by atoms with Crippen LogP contribution in [0.25, 0.3) is 6.08 Å². The maximum atomic E-state index is 13.0. The molecule has 8 heteroatoms. The Morgan fingerprint density at radius 3 is 2.61 bits per heavy atom. The Hall–Kier alpha value is -3.36. The van der Waals surface area contributed by atoms with E-state index in [0.29, 0.717) is 18.0 Å². The minimum Gasteiger partial charge on any atom is -0.497 e. The van der Waals surface area contributed by atoms with Crippen molar-refractivity contribution < 1.29 is 17.9 Å². The zero-order valence-corrected chi connectivity index (χ0v) is 19.7. The zero-order chi connectivity index (χ0) is 23.5. The molecule has 1 aromatic heterocycles. The summed E-state index contributed by atoms with van der Waals surface area (Å²) in [6, 6.07) is 18.0. The maximum absolute atomic E-state index is 13.0. The van der Waals surface area contributed by atoms with Gasteiger partial charge in [0.2, 0.25) is 10.0 Å². The minimum atomic E-state index is -3.67. The summed E-state index contributed by atoms with van der Waals surface area (Å²) in [6.45, 7) is 2.66. The molecular weight excluding hydrogens is 438 g/mol. The second-order valence-electron chi connectivity index (χ2n) is 8.11. The van der Waals surface area contributed by atoms with Crippen LogP contribution in [0.1, 0.15) is 18.2 Å². The van der Waals surface area contributed by atoms with Gasteiger partial charge in [-0.3, -0.25) is 4.98 Å². The van der Waals surface area contributed by atoms with E-state index < -0.39 is 15.6 Å². The van der Waals surface area contributed by atoms with Crippen molar-refractivity contribution in [2.24, 2.45) is 0 Å². The summed E-state index contributed by atoms with van der Waals surface area (Å²) in [5, 5.41) is 3.36. The van der Waals surface area contributed by atoms with Crippen LogP contribution in [-0.4, -0.2) is 44.0 Å². The molecule has 7 nitrogen and oxygen atoms in total. The topological polar surface area (TPSA) is 80.8 Å². The predicted octanol–water partition coefficient (Wildman–Crippen LogP) is 4.19. The number of ether oxygens (including phenoxy) is 2. The SMILES string of the molecule is COc1ccc(S(=O)(=O)N(C)CC2(C)C=Cc3cc(NCc4ccccn4)ccc3O2)cc1. The van der Waals surface area contributed by atoms with Gasteiger partial charge in [-0.1, -0.05) is 12.1 Å². The molecule has 0 amide bonds. The molecule has 0 radical (unpaired) electrons. The van der Waals surface area contributed by atoms with Gasteiger partial charge < -0.3 is 14.8 Å². The monoisotopic (exact) mass is 465 g/mol. The van der Waals surface area contributed by atoms with Gasteiger partial charge in [0.05, 0.1) is 30.8 Å². The lowest BCUT2D eigenvalue weighted by atomic mass is 10.00. The number of nitrogens with one attached hydrogen (secondary N) is 1. The fourth-order valence-corrected chi connectivity index (χ4v) is 4.93. The Morgan fingerprint density at radius 1 is 1.12 bits per heavy atom. The first-order valence-electron chi connectivity index (χ1n) is 10.6. The largest absolute Gasteiger partial charge is 0.497 e. The maximum Gasteiger partial charge on any atom is 0.242 e. The van der Waals surface area contributed by atoms with Crippen molar-refractivity contribution in [1.29, 1.82) is 0 Å². The van der Waals surface area contributed by atoms with Crippen LogP contribution in [0, 0.1) is 0 Å². The van der Waals surface area contributed by atoms with Crippen molar-refractivity contribution in [2.45, 2.75) is 24.0 Å². The number of hydrogen-bond acceptors (Lipinski definition) is 6. The summed E-state index contributed by atoms with van der Waals surface area (Å²) < 4.78 is 38.7. The van der Waals surface area contributed by atoms with Gasteiger partial charge in [-0.05, 0) is 67.6 Å². The van der Waals surface area contributed by atoms with E-state index in [9.17, 15) is 8.42 Å². The molecule has 0 spiro atoms. The van der Waals surface area contributed by atoms with Gasteiger partial charge >= 0.3 is 0 Å². The highest BCUT2D eigenvalue weighted by molar-refractivity contribution is 7.89. The standard InChI is InChI=1S/C25H27N3O4S/c1-25(18-28(2)33(29,30)23-10-8-22(31-3)9-11-23)14-13-19-16-20(7-12-24(19)32-25)27-17-21-6-4-5-15-26-21/h4-16,27H,17-18H2,1-3H3. The number of anilines is 1. The Balaban J connectivity index is 1.44. The molecule has 172 valence electrons. The van der Waals surface area contributed by atoms with Gasteiger partial charge in [-0.25, -0.2) is 8.42 Å². The summed E-state index contributed by atoms with van der Waals surface area (Å²) in [5.41, 5.74) is 2.04. The molecule has 0 aliphatic carbocycles. The highest BCUT2D eigenvalue weighted by Gasteiger charge is 2.33. The van der Waals surface area contributed by atoms with E-state index in [-0.39, 0.29) is 11.4 Å². The fourth-order valence-electron chi connectivity index (χ4n) is 3.67. The lowest BCUT2D eigenvalue weighted by Crippen LogP contribution is -2.45. The third-order valence-corrected chi connectivity index (χ3v) is 7.29. The van der Waals surface area contributed by atoms with E-state index in [4.69, 9.17) is 9.47 Å². The van der Waals surface area contributed by atoms with Crippen LogP contribution in [0.2, 0.25) is 0 Å². The Bertz CT molecular complexity index is 1240. The smallest absolute Gasteiger partial charge is 0.242 e. The molecule has 4 rings (SSSR count). The quantitative estimate of drug-likeness (QED) is 0.537. The number of nitrogens with zero attached hydrogens (tertiary/aromatic N) is 2. The summed E-state index contributed by atoms with van der Waals surface area (Å²) in [7, 11) is -0.571. The molecule has 1 unspecified atom stereocenters. The number of pyridine rings is 1. The van der Waals surface area contributed by atoms with Crippen molar-refractivity contribution in [1.82, 2.24) is 9.29 Å². The van der Waals surface area contributed by atoms with Gasteiger partial charge in [-0.15, -0.1) is 0 Å². The summed E-state index contributed by atoms with van der Waals surface area (Å²) in [4.78, 5) is 4.52. The molecule has 3 aromatic rings. The molecule has 2 heterocycles. The Labute approximate surface area is 194 Å². The average molecular weight is 466 g/mol. The molecule has 2 aromatic carbocycles.